The van der Waals surface area contributed by atoms with Gasteiger partial charge in [0.1, 0.15) is 17.3 Å². The minimum Gasteiger partial charge on any atom is -0.383 e. The molecule has 4 heteroatoms. The summed E-state index contributed by atoms with van der Waals surface area (Å²) in [5, 5.41) is 0. The molecule has 0 radical (unpaired) electrons. The molecule has 0 spiro atoms. The van der Waals surface area contributed by atoms with E-state index in [1.165, 1.54) is 0 Å². The first-order valence-electron chi connectivity index (χ1n) is 6.78. The van der Waals surface area contributed by atoms with Crippen molar-refractivity contribution in [2.75, 3.05) is 5.73 Å². The summed E-state index contributed by atoms with van der Waals surface area (Å²) in [6.45, 7) is 5.26. The van der Waals surface area contributed by atoms with Crippen molar-refractivity contribution in [1.82, 2.24) is 9.55 Å². The monoisotopic (exact) mass is 321 g/mol. The van der Waals surface area contributed by atoms with Crippen LogP contribution in [-0.4, -0.2) is 9.55 Å². The Labute approximate surface area is 123 Å². The maximum atomic E-state index is 6.28. The number of hydrogen-bond acceptors (Lipinski definition) is 2. The molecule has 0 aliphatic heterocycles. The first-order chi connectivity index (χ1) is 9.17. The minimum atomic E-state index is 0.785. The third kappa shape index (κ3) is 3.00. The second-order valence-electron chi connectivity index (χ2n) is 4.63. The van der Waals surface area contributed by atoms with Gasteiger partial charge in [-0.25, -0.2) is 4.98 Å². The lowest BCUT2D eigenvalue weighted by Gasteiger charge is -2.07. The summed E-state index contributed by atoms with van der Waals surface area (Å²) in [6, 6.07) is 8.13. The number of halogens is 1. The van der Waals surface area contributed by atoms with E-state index in [4.69, 9.17) is 10.7 Å². The van der Waals surface area contributed by atoms with Crippen LogP contribution < -0.4 is 5.73 Å². The lowest BCUT2D eigenvalue weighted by Crippen LogP contribution is -2.06. The second-order valence-corrected chi connectivity index (χ2v) is 5.54. The molecule has 0 atom stereocenters. The quantitative estimate of drug-likeness (QED) is 0.894. The van der Waals surface area contributed by atoms with Crippen molar-refractivity contribution in [3.63, 3.8) is 0 Å². The van der Waals surface area contributed by atoms with E-state index in [0.29, 0.717) is 0 Å². The number of imidazole rings is 1. The first kappa shape index (κ1) is 14.1. The zero-order valence-electron chi connectivity index (χ0n) is 11.5. The molecule has 0 saturated carbocycles. The van der Waals surface area contributed by atoms with Gasteiger partial charge in [-0.05, 0) is 18.6 Å². The molecule has 0 aliphatic rings. The van der Waals surface area contributed by atoms with Crippen LogP contribution in [0.4, 0.5) is 5.82 Å². The average Bonchev–Trinajstić information content (AvgIpc) is 2.74. The van der Waals surface area contributed by atoms with E-state index in [1.54, 1.807) is 0 Å². The number of hydrogen-bond donors (Lipinski definition) is 1. The summed E-state index contributed by atoms with van der Waals surface area (Å²) in [5.74, 6) is 1.86. The van der Waals surface area contributed by atoms with E-state index in [2.05, 4.69) is 34.3 Å². The molecule has 0 bridgehead atoms. The van der Waals surface area contributed by atoms with Crippen molar-refractivity contribution in [3.05, 3.63) is 34.6 Å². The molecule has 0 fully saturated rings. The highest BCUT2D eigenvalue weighted by molar-refractivity contribution is 9.10. The van der Waals surface area contributed by atoms with Crippen LogP contribution >= 0.6 is 15.9 Å². The fraction of sp³-hybridized carbons (Fsp3) is 0.400. The third-order valence-electron chi connectivity index (χ3n) is 3.26. The molecular weight excluding hydrogens is 302 g/mol. The lowest BCUT2D eigenvalue weighted by molar-refractivity contribution is 0.612. The zero-order valence-corrected chi connectivity index (χ0v) is 13.1. The smallest absolute Gasteiger partial charge is 0.131 e. The summed E-state index contributed by atoms with van der Waals surface area (Å²) in [7, 11) is 0. The van der Waals surface area contributed by atoms with Crippen LogP contribution in [0.1, 0.15) is 32.5 Å². The maximum Gasteiger partial charge on any atom is 0.131 e. The first-order valence-corrected chi connectivity index (χ1v) is 7.57. The van der Waals surface area contributed by atoms with Gasteiger partial charge >= 0.3 is 0 Å². The van der Waals surface area contributed by atoms with Gasteiger partial charge in [-0.1, -0.05) is 48.3 Å². The van der Waals surface area contributed by atoms with Crippen molar-refractivity contribution in [1.29, 1.82) is 0 Å². The topological polar surface area (TPSA) is 43.8 Å². The maximum absolute atomic E-state index is 6.28. The van der Waals surface area contributed by atoms with E-state index in [1.807, 2.05) is 24.3 Å². The minimum absolute atomic E-state index is 0.785. The van der Waals surface area contributed by atoms with Gasteiger partial charge in [-0.15, -0.1) is 0 Å². The lowest BCUT2D eigenvalue weighted by atomic mass is 10.1. The van der Waals surface area contributed by atoms with E-state index in [-0.39, 0.29) is 0 Å². The fourth-order valence-corrected chi connectivity index (χ4v) is 2.43. The Kier molecular flexibility index (Phi) is 4.64. The summed E-state index contributed by atoms with van der Waals surface area (Å²) in [6.07, 6.45) is 3.20. The summed E-state index contributed by atoms with van der Waals surface area (Å²) >= 11 is 3.45. The van der Waals surface area contributed by atoms with E-state index < -0.39 is 0 Å². The van der Waals surface area contributed by atoms with Crippen LogP contribution in [0.5, 0.6) is 0 Å². The molecule has 102 valence electrons. The Morgan fingerprint density at radius 2 is 1.89 bits per heavy atom. The van der Waals surface area contributed by atoms with Gasteiger partial charge in [0.25, 0.3) is 0 Å². The summed E-state index contributed by atoms with van der Waals surface area (Å²) in [5.41, 5.74) is 8.26. The molecule has 3 nitrogen and oxygen atoms in total. The standard InChI is InChI=1S/C15H20BrN3/c1-3-5-10-19-13(4-2)18-14(15(19)17)11-6-8-12(16)9-7-11/h6-9H,3-5,10,17H2,1-2H3. The fourth-order valence-electron chi connectivity index (χ4n) is 2.17. The molecule has 1 aromatic carbocycles. The van der Waals surface area contributed by atoms with Gasteiger partial charge in [0.2, 0.25) is 0 Å². The van der Waals surface area contributed by atoms with Gasteiger partial charge in [0, 0.05) is 23.0 Å². The number of aryl methyl sites for hydroxylation is 1. The highest BCUT2D eigenvalue weighted by Gasteiger charge is 2.14. The van der Waals surface area contributed by atoms with Crippen LogP contribution in [0.2, 0.25) is 0 Å². The van der Waals surface area contributed by atoms with Crippen LogP contribution in [0.15, 0.2) is 28.7 Å². The van der Waals surface area contributed by atoms with Gasteiger partial charge in [0.05, 0.1) is 0 Å². The Bertz CT molecular complexity index is 543. The van der Waals surface area contributed by atoms with E-state index in [0.717, 1.165) is 53.2 Å². The Hall–Kier alpha value is -1.29. The summed E-state index contributed by atoms with van der Waals surface area (Å²) < 4.78 is 3.22. The number of aromatic nitrogens is 2. The van der Waals surface area contributed by atoms with E-state index in [9.17, 15) is 0 Å². The predicted molar refractivity (Wildman–Crippen MR) is 84.1 cm³/mol. The second kappa shape index (κ2) is 6.24. The number of benzene rings is 1. The number of nitrogen functional groups attached to an aromatic ring is 1. The predicted octanol–water partition coefficient (Wildman–Crippen LogP) is 4.26. The van der Waals surface area contributed by atoms with Gasteiger partial charge in [0.15, 0.2) is 0 Å². The van der Waals surface area contributed by atoms with Crippen LogP contribution in [0.25, 0.3) is 11.3 Å². The Morgan fingerprint density at radius 1 is 1.21 bits per heavy atom. The van der Waals surface area contributed by atoms with Gasteiger partial charge in [-0.3, -0.25) is 0 Å². The highest BCUT2D eigenvalue weighted by Crippen LogP contribution is 2.28. The molecule has 2 aromatic rings. The molecule has 2 rings (SSSR count). The molecule has 0 aliphatic carbocycles. The normalized spacial score (nSPS) is 10.9. The van der Waals surface area contributed by atoms with Gasteiger partial charge in [-0.2, -0.15) is 0 Å². The molecule has 19 heavy (non-hydrogen) atoms. The van der Waals surface area contributed by atoms with Crippen molar-refractivity contribution >= 4 is 21.7 Å². The molecule has 0 saturated heterocycles. The molecule has 1 aromatic heterocycles. The van der Waals surface area contributed by atoms with Crippen LogP contribution in [-0.2, 0) is 13.0 Å². The Balaban J connectivity index is 2.41. The van der Waals surface area contributed by atoms with Crippen LogP contribution in [0, 0.1) is 0 Å². The highest BCUT2D eigenvalue weighted by atomic mass is 79.9. The van der Waals surface area contributed by atoms with Crippen molar-refractivity contribution in [2.45, 2.75) is 39.7 Å². The number of unbranched alkanes of at least 4 members (excludes halogenated alkanes) is 1. The third-order valence-corrected chi connectivity index (χ3v) is 3.78. The largest absolute Gasteiger partial charge is 0.383 e. The molecule has 0 amide bonds. The number of nitrogens with zero attached hydrogens (tertiary/aromatic N) is 2. The van der Waals surface area contributed by atoms with Gasteiger partial charge < -0.3 is 10.3 Å². The summed E-state index contributed by atoms with van der Waals surface area (Å²) in [4.78, 5) is 4.70. The van der Waals surface area contributed by atoms with Crippen molar-refractivity contribution < 1.29 is 0 Å². The molecule has 0 unspecified atom stereocenters. The Morgan fingerprint density at radius 3 is 2.47 bits per heavy atom. The van der Waals surface area contributed by atoms with Crippen LogP contribution in [0.3, 0.4) is 0 Å². The van der Waals surface area contributed by atoms with Crippen molar-refractivity contribution in [2.24, 2.45) is 0 Å². The zero-order chi connectivity index (χ0) is 13.8. The number of anilines is 1. The number of nitrogens with two attached hydrogens (primary N) is 1. The molecular formula is C15H20BrN3. The average molecular weight is 322 g/mol. The van der Waals surface area contributed by atoms with E-state index >= 15 is 0 Å². The molecule has 2 N–H and O–H groups in total. The molecule has 1 heterocycles. The SMILES string of the molecule is CCCCn1c(CC)nc(-c2ccc(Br)cc2)c1N. The van der Waals surface area contributed by atoms with Crippen molar-refractivity contribution in [3.8, 4) is 11.3 Å². The number of rotatable bonds is 5.